The maximum atomic E-state index is 12.9. The van der Waals surface area contributed by atoms with E-state index in [0.29, 0.717) is 28.5 Å². The highest BCUT2D eigenvalue weighted by Crippen LogP contribution is 2.28. The summed E-state index contributed by atoms with van der Waals surface area (Å²) in [4.78, 5) is 25.4. The van der Waals surface area contributed by atoms with Crippen LogP contribution >= 0.6 is 24.0 Å². The summed E-state index contributed by atoms with van der Waals surface area (Å²) < 4.78 is 0. The summed E-state index contributed by atoms with van der Waals surface area (Å²) in [6.07, 6.45) is 1.58. The van der Waals surface area contributed by atoms with Crippen LogP contribution < -0.4 is 16.0 Å². The van der Waals surface area contributed by atoms with E-state index in [-0.39, 0.29) is 42.6 Å². The van der Waals surface area contributed by atoms with E-state index in [0.717, 1.165) is 13.0 Å². The third-order valence-corrected chi connectivity index (χ3v) is 6.92. The van der Waals surface area contributed by atoms with Crippen LogP contribution in [-0.2, 0) is 22.6 Å². The topological polar surface area (TPSA) is 90.5 Å². The third-order valence-electron chi connectivity index (χ3n) is 6.70. The van der Waals surface area contributed by atoms with Crippen molar-refractivity contribution in [2.45, 2.75) is 45.3 Å². The molecule has 8 heteroatoms. The van der Waals surface area contributed by atoms with Crippen LogP contribution in [-0.4, -0.2) is 35.5 Å². The minimum Gasteiger partial charge on any atom is -0.507 e. The molecular weight excluding hydrogens is 509 g/mol. The van der Waals surface area contributed by atoms with E-state index in [9.17, 15) is 14.7 Å². The highest BCUT2D eigenvalue weighted by molar-refractivity contribution is 6.30. The van der Waals surface area contributed by atoms with Gasteiger partial charge in [-0.05, 0) is 73.5 Å². The van der Waals surface area contributed by atoms with Crippen molar-refractivity contribution in [2.75, 3.05) is 6.54 Å². The molecule has 4 rings (SSSR count). The van der Waals surface area contributed by atoms with E-state index in [1.165, 1.54) is 16.7 Å². The van der Waals surface area contributed by atoms with Gasteiger partial charge in [-0.25, -0.2) is 0 Å². The molecule has 0 saturated carbocycles. The number of rotatable bonds is 8. The summed E-state index contributed by atoms with van der Waals surface area (Å²) in [6, 6.07) is 21.0. The third kappa shape index (κ3) is 7.25. The molecule has 196 valence electrons. The first-order valence-corrected chi connectivity index (χ1v) is 12.6. The molecule has 6 nitrogen and oxygen atoms in total. The SMILES string of the molecule is Cc1cc(Cl)cc(CNC(=O)[C@H](C)NC(=O)[C@H]2C[C@H](Cc3ccccc3-c3ccccc3)CN2)c1O.Cl. The van der Waals surface area contributed by atoms with Crippen LogP contribution in [0, 0.1) is 12.8 Å². The predicted molar refractivity (Wildman–Crippen MR) is 150 cm³/mol. The van der Waals surface area contributed by atoms with Crippen molar-refractivity contribution in [3.63, 3.8) is 0 Å². The van der Waals surface area contributed by atoms with E-state index in [1.54, 1.807) is 26.0 Å². The summed E-state index contributed by atoms with van der Waals surface area (Å²) in [6.45, 7) is 4.27. The minimum absolute atomic E-state index is 0. The van der Waals surface area contributed by atoms with E-state index >= 15 is 0 Å². The second-order valence-electron chi connectivity index (χ2n) is 9.47. The second-order valence-corrected chi connectivity index (χ2v) is 9.90. The van der Waals surface area contributed by atoms with E-state index in [2.05, 4.69) is 52.3 Å². The predicted octanol–water partition coefficient (Wildman–Crippen LogP) is 4.78. The van der Waals surface area contributed by atoms with Gasteiger partial charge in [0, 0.05) is 17.1 Å². The van der Waals surface area contributed by atoms with Crippen molar-refractivity contribution in [2.24, 2.45) is 5.92 Å². The molecule has 4 N–H and O–H groups in total. The highest BCUT2D eigenvalue weighted by atomic mass is 35.5. The lowest BCUT2D eigenvalue weighted by molar-refractivity contribution is -0.129. The number of aryl methyl sites for hydroxylation is 1. The Morgan fingerprint density at radius 1 is 1.08 bits per heavy atom. The molecule has 0 bridgehead atoms. The Kier molecular flexibility index (Phi) is 9.98. The van der Waals surface area contributed by atoms with Crippen molar-refractivity contribution >= 4 is 35.8 Å². The lowest BCUT2D eigenvalue weighted by Crippen LogP contribution is -2.49. The lowest BCUT2D eigenvalue weighted by Gasteiger charge is -2.18. The maximum Gasteiger partial charge on any atom is 0.242 e. The van der Waals surface area contributed by atoms with Gasteiger partial charge < -0.3 is 21.1 Å². The van der Waals surface area contributed by atoms with Crippen LogP contribution in [0.4, 0.5) is 0 Å². The summed E-state index contributed by atoms with van der Waals surface area (Å²) >= 11 is 6.06. The highest BCUT2D eigenvalue weighted by Gasteiger charge is 2.31. The number of amides is 2. The quantitative estimate of drug-likeness (QED) is 0.330. The Balaban J connectivity index is 0.00000380. The van der Waals surface area contributed by atoms with Gasteiger partial charge >= 0.3 is 0 Å². The van der Waals surface area contributed by atoms with Gasteiger partial charge in [0.2, 0.25) is 11.8 Å². The molecule has 1 aliphatic rings. The zero-order valence-electron chi connectivity index (χ0n) is 21.0. The van der Waals surface area contributed by atoms with Crippen LogP contribution in [0.2, 0.25) is 5.02 Å². The van der Waals surface area contributed by atoms with Crippen LogP contribution in [0.5, 0.6) is 5.75 Å². The number of carbonyl (C=O) groups is 2. The average Bonchev–Trinajstić information content (AvgIpc) is 3.34. The normalized spacial score (nSPS) is 17.5. The molecule has 37 heavy (non-hydrogen) atoms. The van der Waals surface area contributed by atoms with Crippen molar-refractivity contribution in [1.82, 2.24) is 16.0 Å². The smallest absolute Gasteiger partial charge is 0.242 e. The average molecular weight is 543 g/mol. The van der Waals surface area contributed by atoms with Crippen molar-refractivity contribution in [1.29, 1.82) is 0 Å². The summed E-state index contributed by atoms with van der Waals surface area (Å²) in [5.74, 6) is -0.0835. The zero-order valence-corrected chi connectivity index (χ0v) is 22.5. The first-order chi connectivity index (χ1) is 17.3. The van der Waals surface area contributed by atoms with E-state index in [1.807, 2.05) is 18.2 Å². The molecule has 1 fully saturated rings. The fraction of sp³-hybridized carbons (Fsp3) is 0.310. The number of benzene rings is 3. The van der Waals surface area contributed by atoms with Crippen molar-refractivity contribution < 1.29 is 14.7 Å². The van der Waals surface area contributed by atoms with Gasteiger partial charge in [0.1, 0.15) is 11.8 Å². The van der Waals surface area contributed by atoms with Gasteiger partial charge in [-0.15, -0.1) is 12.4 Å². The Morgan fingerprint density at radius 2 is 1.78 bits per heavy atom. The van der Waals surface area contributed by atoms with Crippen LogP contribution in [0.1, 0.15) is 30.0 Å². The molecule has 2 amide bonds. The number of phenolic OH excluding ortho intramolecular Hbond substituents is 1. The summed E-state index contributed by atoms with van der Waals surface area (Å²) in [5.41, 5.74) is 4.85. The molecule has 0 unspecified atom stereocenters. The molecule has 0 spiro atoms. The number of halogens is 2. The van der Waals surface area contributed by atoms with Gasteiger partial charge in [-0.1, -0.05) is 66.2 Å². The summed E-state index contributed by atoms with van der Waals surface area (Å²) in [5, 5.41) is 19.6. The monoisotopic (exact) mass is 541 g/mol. The number of phenols is 1. The number of hydrogen-bond acceptors (Lipinski definition) is 4. The van der Waals surface area contributed by atoms with Gasteiger partial charge in [-0.2, -0.15) is 0 Å². The van der Waals surface area contributed by atoms with E-state index < -0.39 is 6.04 Å². The van der Waals surface area contributed by atoms with E-state index in [4.69, 9.17) is 11.6 Å². The van der Waals surface area contributed by atoms with Crippen molar-refractivity contribution in [3.8, 4) is 16.9 Å². The van der Waals surface area contributed by atoms with Gasteiger partial charge in [-0.3, -0.25) is 9.59 Å². The number of nitrogens with one attached hydrogen (secondary N) is 3. The first-order valence-electron chi connectivity index (χ1n) is 12.2. The number of hydrogen-bond donors (Lipinski definition) is 4. The van der Waals surface area contributed by atoms with Crippen LogP contribution in [0.25, 0.3) is 11.1 Å². The van der Waals surface area contributed by atoms with Crippen LogP contribution in [0.3, 0.4) is 0 Å². The molecular formula is C29H33Cl2N3O3. The summed E-state index contributed by atoms with van der Waals surface area (Å²) in [7, 11) is 0. The molecule has 3 aromatic rings. The molecule has 3 atom stereocenters. The number of aromatic hydroxyl groups is 1. The van der Waals surface area contributed by atoms with Gasteiger partial charge in [0.05, 0.1) is 6.04 Å². The molecule has 3 aromatic carbocycles. The van der Waals surface area contributed by atoms with Crippen LogP contribution in [0.15, 0.2) is 66.7 Å². The number of carbonyl (C=O) groups excluding carboxylic acids is 2. The van der Waals surface area contributed by atoms with Gasteiger partial charge in [0.25, 0.3) is 0 Å². The molecule has 0 aromatic heterocycles. The Bertz CT molecular complexity index is 1240. The fourth-order valence-corrected chi connectivity index (χ4v) is 5.02. The Labute approximate surface area is 229 Å². The molecule has 0 radical (unpaired) electrons. The second kappa shape index (κ2) is 13.0. The zero-order chi connectivity index (χ0) is 25.7. The molecule has 1 heterocycles. The molecule has 1 aliphatic heterocycles. The lowest BCUT2D eigenvalue weighted by atomic mass is 9.91. The maximum absolute atomic E-state index is 12.9. The standard InChI is InChI=1S/C29H32ClN3O3.ClH/c1-18-12-24(30)15-23(27(18)34)17-32-28(35)19(2)33-29(36)26-14-20(16-31-26)13-22-10-6-7-11-25(22)21-8-4-3-5-9-21;/h3-12,15,19-20,26,31,34H,13-14,16-17H2,1-2H3,(H,32,35)(H,33,36);1H/t19-,20-,26+;/m0./s1. The largest absolute Gasteiger partial charge is 0.507 e. The minimum atomic E-state index is -0.709. The fourth-order valence-electron chi connectivity index (χ4n) is 4.73. The van der Waals surface area contributed by atoms with Gasteiger partial charge in [0.15, 0.2) is 0 Å². The molecule has 0 aliphatic carbocycles. The Morgan fingerprint density at radius 3 is 2.54 bits per heavy atom. The molecule has 1 saturated heterocycles. The Hall–Kier alpha value is -3.06. The van der Waals surface area contributed by atoms with Crippen molar-refractivity contribution in [3.05, 3.63) is 88.4 Å². The first kappa shape index (κ1) is 28.5.